The average Bonchev–Trinajstić information content (AvgIpc) is 2.76. The Morgan fingerprint density at radius 3 is 2.45 bits per heavy atom. The Labute approximate surface area is 211 Å². The van der Waals surface area contributed by atoms with Gasteiger partial charge in [0.15, 0.2) is 5.82 Å². The zero-order valence-corrected chi connectivity index (χ0v) is 21.0. The van der Waals surface area contributed by atoms with Crippen LogP contribution in [0.3, 0.4) is 0 Å². The van der Waals surface area contributed by atoms with Crippen molar-refractivity contribution in [3.05, 3.63) is 70.5 Å². The van der Waals surface area contributed by atoms with Gasteiger partial charge in [-0.05, 0) is 23.8 Å². The molecule has 1 aliphatic heterocycles. The van der Waals surface area contributed by atoms with Gasteiger partial charge in [-0.15, -0.1) is 37.2 Å². The fourth-order valence-corrected chi connectivity index (χ4v) is 3.69. The first kappa shape index (κ1) is 28.6. The standard InChI is InChI=1S/C22H25FN6O.3ClH/c1-27(2)16-6-4-15(5-7-16)20-14-29(11-10-25-20)22-26-19(12-21(30)28(22)3)17-8-9-24-13-18(17)23;;;/h4-9,12-13,20,25H,10-11,14H2,1-3H3;3*1H/t20-;;;/m1.../s1. The quantitative estimate of drug-likeness (QED) is 0.572. The minimum atomic E-state index is -0.497. The molecule has 11 heteroatoms. The molecule has 0 bridgehead atoms. The third kappa shape index (κ3) is 6.14. The molecule has 0 unspecified atom stereocenters. The predicted octanol–water partition coefficient (Wildman–Crippen LogP) is 3.46. The first-order valence-corrected chi connectivity index (χ1v) is 9.87. The third-order valence-corrected chi connectivity index (χ3v) is 5.43. The molecule has 1 fully saturated rings. The van der Waals surface area contributed by atoms with Crippen molar-refractivity contribution in [2.75, 3.05) is 43.5 Å². The molecule has 1 saturated heterocycles. The van der Waals surface area contributed by atoms with Gasteiger partial charge < -0.3 is 15.1 Å². The van der Waals surface area contributed by atoms with E-state index in [9.17, 15) is 9.18 Å². The average molecular weight is 518 g/mol. The van der Waals surface area contributed by atoms with Gasteiger partial charge in [0, 0.05) is 70.3 Å². The number of rotatable bonds is 4. The van der Waals surface area contributed by atoms with E-state index >= 15 is 0 Å². The van der Waals surface area contributed by atoms with Gasteiger partial charge in [-0.1, -0.05) is 12.1 Å². The maximum absolute atomic E-state index is 14.2. The minimum Gasteiger partial charge on any atom is -0.378 e. The lowest BCUT2D eigenvalue weighted by molar-refractivity contribution is 0.462. The van der Waals surface area contributed by atoms with Crippen LogP contribution in [0.5, 0.6) is 0 Å². The zero-order valence-electron chi connectivity index (χ0n) is 18.6. The summed E-state index contributed by atoms with van der Waals surface area (Å²) in [6.45, 7) is 2.11. The second-order valence-corrected chi connectivity index (χ2v) is 7.63. The molecule has 0 spiro atoms. The molecular formula is C22H28Cl3FN6O. The summed E-state index contributed by atoms with van der Waals surface area (Å²) in [5.74, 6) is 0.0356. The van der Waals surface area contributed by atoms with Gasteiger partial charge in [0.2, 0.25) is 5.95 Å². The van der Waals surface area contributed by atoms with E-state index in [1.54, 1.807) is 7.05 Å². The Morgan fingerprint density at radius 2 is 1.82 bits per heavy atom. The maximum Gasteiger partial charge on any atom is 0.255 e. The van der Waals surface area contributed by atoms with Crippen molar-refractivity contribution in [1.82, 2.24) is 19.9 Å². The molecule has 0 aliphatic carbocycles. The molecule has 1 aliphatic rings. The summed E-state index contributed by atoms with van der Waals surface area (Å²) in [7, 11) is 5.72. The van der Waals surface area contributed by atoms with Crippen molar-refractivity contribution in [2.45, 2.75) is 6.04 Å². The van der Waals surface area contributed by atoms with Crippen LogP contribution in [0.2, 0.25) is 0 Å². The van der Waals surface area contributed by atoms with Crippen LogP contribution in [-0.2, 0) is 7.05 Å². The number of hydrogen-bond donors (Lipinski definition) is 1. The molecule has 2 aromatic heterocycles. The summed E-state index contributed by atoms with van der Waals surface area (Å²) in [6.07, 6.45) is 2.63. The normalized spacial score (nSPS) is 15.0. The Kier molecular flexibility index (Phi) is 10.6. The highest BCUT2D eigenvalue weighted by Crippen LogP contribution is 2.25. The summed E-state index contributed by atoms with van der Waals surface area (Å²) >= 11 is 0. The largest absolute Gasteiger partial charge is 0.378 e. The minimum absolute atomic E-state index is 0. The molecule has 7 nitrogen and oxygen atoms in total. The second kappa shape index (κ2) is 12.2. The van der Waals surface area contributed by atoms with E-state index < -0.39 is 5.82 Å². The van der Waals surface area contributed by atoms with Crippen LogP contribution in [0, 0.1) is 5.82 Å². The smallest absolute Gasteiger partial charge is 0.255 e. The lowest BCUT2D eigenvalue weighted by atomic mass is 10.0. The molecular weight excluding hydrogens is 490 g/mol. The van der Waals surface area contributed by atoms with Gasteiger partial charge in [0.05, 0.1) is 11.9 Å². The van der Waals surface area contributed by atoms with E-state index in [0.29, 0.717) is 24.7 Å². The first-order chi connectivity index (χ1) is 14.4. The van der Waals surface area contributed by atoms with Gasteiger partial charge in [0.1, 0.15) is 0 Å². The van der Waals surface area contributed by atoms with Crippen LogP contribution < -0.4 is 20.7 Å². The van der Waals surface area contributed by atoms with Crippen LogP contribution in [0.25, 0.3) is 11.3 Å². The van der Waals surface area contributed by atoms with Crippen LogP contribution in [0.15, 0.2) is 53.6 Å². The van der Waals surface area contributed by atoms with Gasteiger partial charge in [-0.3, -0.25) is 14.3 Å². The molecule has 3 heterocycles. The van der Waals surface area contributed by atoms with Crippen molar-refractivity contribution in [3.63, 3.8) is 0 Å². The molecule has 0 radical (unpaired) electrons. The molecule has 1 aromatic carbocycles. The monoisotopic (exact) mass is 516 g/mol. The highest BCUT2D eigenvalue weighted by atomic mass is 35.5. The maximum atomic E-state index is 14.2. The van der Waals surface area contributed by atoms with Crippen LogP contribution in [-0.4, -0.2) is 48.3 Å². The summed E-state index contributed by atoms with van der Waals surface area (Å²) in [4.78, 5) is 25.1. The number of pyridine rings is 1. The van der Waals surface area contributed by atoms with E-state index in [0.717, 1.165) is 18.4 Å². The number of benzene rings is 1. The number of nitrogens with zero attached hydrogens (tertiary/aromatic N) is 5. The highest BCUT2D eigenvalue weighted by molar-refractivity contribution is 5.86. The number of halogens is 4. The Balaban J connectivity index is 0.00000181. The summed E-state index contributed by atoms with van der Waals surface area (Å²) in [5.41, 5.74) is 2.68. The number of hydrogen-bond acceptors (Lipinski definition) is 6. The summed E-state index contributed by atoms with van der Waals surface area (Å²) in [5, 5.41) is 3.53. The molecule has 180 valence electrons. The van der Waals surface area contributed by atoms with Crippen molar-refractivity contribution < 1.29 is 4.39 Å². The fraction of sp³-hybridized carbons (Fsp3) is 0.318. The van der Waals surface area contributed by atoms with E-state index in [4.69, 9.17) is 0 Å². The Morgan fingerprint density at radius 1 is 1.12 bits per heavy atom. The topological polar surface area (TPSA) is 66.3 Å². The zero-order chi connectivity index (χ0) is 21.3. The van der Waals surface area contributed by atoms with Gasteiger partial charge in [0.25, 0.3) is 5.56 Å². The van der Waals surface area contributed by atoms with Crippen LogP contribution in [0.4, 0.5) is 16.0 Å². The second-order valence-electron chi connectivity index (χ2n) is 7.63. The van der Waals surface area contributed by atoms with E-state index in [1.165, 1.54) is 28.5 Å². The predicted molar refractivity (Wildman–Crippen MR) is 138 cm³/mol. The Bertz CT molecular complexity index is 1110. The van der Waals surface area contributed by atoms with Crippen molar-refractivity contribution >= 4 is 48.9 Å². The highest BCUT2D eigenvalue weighted by Gasteiger charge is 2.24. The number of piperazine rings is 1. The molecule has 1 N–H and O–H groups in total. The van der Waals surface area contributed by atoms with Gasteiger partial charge in [-0.2, -0.15) is 0 Å². The number of nitrogens with one attached hydrogen (secondary N) is 1. The van der Waals surface area contributed by atoms with Crippen molar-refractivity contribution in [3.8, 4) is 11.3 Å². The molecule has 4 rings (SSSR count). The molecule has 33 heavy (non-hydrogen) atoms. The van der Waals surface area contributed by atoms with Gasteiger partial charge in [-0.25, -0.2) is 9.37 Å². The SMILES string of the molecule is CN(C)c1ccc([C@H]2CN(c3nc(-c4ccncc4F)cc(=O)n3C)CCN2)cc1.Cl.Cl.Cl. The van der Waals surface area contributed by atoms with Crippen LogP contribution in [0.1, 0.15) is 11.6 Å². The van der Waals surface area contributed by atoms with Crippen LogP contribution >= 0.6 is 37.2 Å². The molecule has 3 aromatic rings. The lowest BCUT2D eigenvalue weighted by Crippen LogP contribution is -2.47. The third-order valence-electron chi connectivity index (χ3n) is 5.43. The molecule has 0 saturated carbocycles. The fourth-order valence-electron chi connectivity index (χ4n) is 3.69. The van der Waals surface area contributed by atoms with Crippen molar-refractivity contribution in [1.29, 1.82) is 0 Å². The van der Waals surface area contributed by atoms with Gasteiger partial charge >= 0.3 is 0 Å². The first-order valence-electron chi connectivity index (χ1n) is 9.87. The summed E-state index contributed by atoms with van der Waals surface area (Å²) in [6, 6.07) is 11.4. The number of aromatic nitrogens is 3. The lowest BCUT2D eigenvalue weighted by Gasteiger charge is -2.35. The Hall–Kier alpha value is -2.39. The van der Waals surface area contributed by atoms with E-state index in [-0.39, 0.29) is 54.4 Å². The van der Waals surface area contributed by atoms with E-state index in [1.807, 2.05) is 14.1 Å². The van der Waals surface area contributed by atoms with E-state index in [2.05, 4.69) is 49.4 Å². The molecule has 0 amide bonds. The number of anilines is 2. The van der Waals surface area contributed by atoms with Crippen molar-refractivity contribution in [2.24, 2.45) is 7.05 Å². The summed E-state index contributed by atoms with van der Waals surface area (Å²) < 4.78 is 15.7. The molecule has 1 atom stereocenters.